The van der Waals surface area contributed by atoms with Crippen LogP contribution in [0.5, 0.6) is 0 Å². The number of nitrogens with zero attached hydrogens (tertiary/aromatic N) is 2. The molecule has 3 rings (SSSR count). The quantitative estimate of drug-likeness (QED) is 0.395. The fraction of sp³-hybridized carbons (Fsp3) is 0.136. The van der Waals surface area contributed by atoms with Crippen molar-refractivity contribution in [2.24, 2.45) is 0 Å². The molecule has 0 fully saturated rings. The van der Waals surface area contributed by atoms with Crippen LogP contribution in [-0.4, -0.2) is 25.8 Å². The van der Waals surface area contributed by atoms with Gasteiger partial charge in [-0.25, -0.2) is 8.42 Å². The fourth-order valence-electron chi connectivity index (χ4n) is 2.92. The third-order valence-corrected chi connectivity index (χ3v) is 6.88. The van der Waals surface area contributed by atoms with Crippen LogP contribution in [0.1, 0.15) is 11.1 Å². The third kappa shape index (κ3) is 5.24. The van der Waals surface area contributed by atoms with E-state index in [1.54, 1.807) is 31.2 Å². The summed E-state index contributed by atoms with van der Waals surface area (Å²) in [6, 6.07) is 16.3. The number of carbonyl (C=O) groups excluding carboxylic acids is 1. The standard InChI is InChI=1S/C22H20ClN3O5S/c1-15-6-10-20(11-7-15)32(30,31)25(18-9-8-16(2)21(23)13-18)14-22(27)24-17-4-3-5-19(12-17)26(28)29/h3-13H,14H2,1-2H3,(H,24,27). The topological polar surface area (TPSA) is 110 Å². The maximum atomic E-state index is 13.4. The van der Waals surface area contributed by atoms with Crippen molar-refractivity contribution >= 4 is 44.6 Å². The number of nitrogens with one attached hydrogen (secondary N) is 1. The van der Waals surface area contributed by atoms with Crippen LogP contribution in [-0.2, 0) is 14.8 Å². The number of non-ortho nitro benzene ring substituents is 1. The number of benzene rings is 3. The van der Waals surface area contributed by atoms with E-state index in [9.17, 15) is 23.3 Å². The molecule has 0 aliphatic carbocycles. The van der Waals surface area contributed by atoms with Gasteiger partial charge in [0.1, 0.15) is 6.54 Å². The zero-order chi connectivity index (χ0) is 23.5. The minimum absolute atomic E-state index is 0.0166. The molecule has 8 nitrogen and oxygen atoms in total. The first kappa shape index (κ1) is 23.2. The molecule has 0 aliphatic rings. The van der Waals surface area contributed by atoms with E-state index in [1.165, 1.54) is 42.5 Å². The predicted octanol–water partition coefficient (Wildman–Crippen LogP) is 4.70. The highest BCUT2D eigenvalue weighted by molar-refractivity contribution is 7.92. The molecule has 3 aromatic carbocycles. The highest BCUT2D eigenvalue weighted by atomic mass is 35.5. The molecular weight excluding hydrogens is 454 g/mol. The number of amides is 1. The van der Waals surface area contributed by atoms with Crippen LogP contribution in [0.4, 0.5) is 17.1 Å². The van der Waals surface area contributed by atoms with Crippen LogP contribution in [0.2, 0.25) is 5.02 Å². The largest absolute Gasteiger partial charge is 0.324 e. The SMILES string of the molecule is Cc1ccc(S(=O)(=O)N(CC(=O)Nc2cccc([N+](=O)[O-])c2)c2ccc(C)c(Cl)c2)cc1. The number of carbonyl (C=O) groups is 1. The van der Waals surface area contributed by atoms with Gasteiger partial charge in [0.25, 0.3) is 15.7 Å². The zero-order valence-corrected chi connectivity index (χ0v) is 18.9. The van der Waals surface area contributed by atoms with Crippen LogP contribution in [0.15, 0.2) is 71.6 Å². The number of hydrogen-bond donors (Lipinski definition) is 1. The van der Waals surface area contributed by atoms with Gasteiger partial charge in [0.2, 0.25) is 5.91 Å². The van der Waals surface area contributed by atoms with Gasteiger partial charge in [0.15, 0.2) is 0 Å². The molecule has 1 amide bonds. The second-order valence-electron chi connectivity index (χ2n) is 7.11. The molecule has 0 saturated carbocycles. The third-order valence-electron chi connectivity index (χ3n) is 4.68. The van der Waals surface area contributed by atoms with Gasteiger partial charge in [-0.2, -0.15) is 0 Å². The summed E-state index contributed by atoms with van der Waals surface area (Å²) in [5.41, 5.74) is 1.84. The second-order valence-corrected chi connectivity index (χ2v) is 9.38. The number of hydrogen-bond acceptors (Lipinski definition) is 5. The molecule has 0 spiro atoms. The van der Waals surface area contributed by atoms with Gasteiger partial charge >= 0.3 is 0 Å². The Hall–Kier alpha value is -3.43. The molecular formula is C22H20ClN3O5S. The monoisotopic (exact) mass is 473 g/mol. The van der Waals surface area contributed by atoms with E-state index in [2.05, 4.69) is 5.32 Å². The van der Waals surface area contributed by atoms with Crippen molar-refractivity contribution in [1.29, 1.82) is 0 Å². The number of nitro benzene ring substituents is 1. The van der Waals surface area contributed by atoms with E-state index in [1.807, 2.05) is 6.92 Å². The minimum Gasteiger partial charge on any atom is -0.324 e. The van der Waals surface area contributed by atoms with Gasteiger partial charge in [-0.05, 0) is 49.7 Å². The highest BCUT2D eigenvalue weighted by Crippen LogP contribution is 2.28. The molecule has 0 heterocycles. The Morgan fingerprint density at radius 3 is 2.38 bits per heavy atom. The number of aryl methyl sites for hydroxylation is 2. The summed E-state index contributed by atoms with van der Waals surface area (Å²) >= 11 is 6.20. The molecule has 0 atom stereocenters. The lowest BCUT2D eigenvalue weighted by molar-refractivity contribution is -0.384. The lowest BCUT2D eigenvalue weighted by atomic mass is 10.2. The molecule has 32 heavy (non-hydrogen) atoms. The van der Waals surface area contributed by atoms with E-state index in [0.29, 0.717) is 5.02 Å². The van der Waals surface area contributed by atoms with Crippen molar-refractivity contribution in [2.75, 3.05) is 16.2 Å². The van der Waals surface area contributed by atoms with Crippen molar-refractivity contribution in [3.8, 4) is 0 Å². The number of sulfonamides is 1. The number of halogens is 1. The van der Waals surface area contributed by atoms with Crippen LogP contribution < -0.4 is 9.62 Å². The van der Waals surface area contributed by atoms with Crippen molar-refractivity contribution in [3.63, 3.8) is 0 Å². The Kier molecular flexibility index (Phi) is 6.81. The summed E-state index contributed by atoms with van der Waals surface area (Å²) in [4.78, 5) is 23.1. The number of rotatable bonds is 7. The Morgan fingerprint density at radius 1 is 1.06 bits per heavy atom. The van der Waals surface area contributed by atoms with Gasteiger partial charge in [0.05, 0.1) is 15.5 Å². The van der Waals surface area contributed by atoms with E-state index in [4.69, 9.17) is 11.6 Å². The average Bonchev–Trinajstić information content (AvgIpc) is 2.74. The second kappa shape index (κ2) is 9.37. The van der Waals surface area contributed by atoms with E-state index in [0.717, 1.165) is 15.4 Å². The molecule has 0 aliphatic heterocycles. The Bertz CT molecular complexity index is 1280. The zero-order valence-electron chi connectivity index (χ0n) is 17.3. The molecule has 10 heteroatoms. The number of anilines is 2. The Labute approximate surface area is 190 Å². The van der Waals surface area contributed by atoms with Crippen molar-refractivity contribution < 1.29 is 18.1 Å². The van der Waals surface area contributed by atoms with Crippen LogP contribution >= 0.6 is 11.6 Å². The van der Waals surface area contributed by atoms with Gasteiger partial charge in [0, 0.05) is 22.8 Å². The summed E-state index contributed by atoms with van der Waals surface area (Å²) in [5.74, 6) is -0.669. The Morgan fingerprint density at radius 2 is 1.75 bits per heavy atom. The normalized spacial score (nSPS) is 11.1. The van der Waals surface area contributed by atoms with Crippen molar-refractivity contribution in [3.05, 3.63) is 93.0 Å². The molecule has 1 N–H and O–H groups in total. The first-order valence-corrected chi connectivity index (χ1v) is 11.3. The van der Waals surface area contributed by atoms with Gasteiger partial charge in [-0.1, -0.05) is 41.4 Å². The Balaban J connectivity index is 1.96. The molecule has 0 saturated heterocycles. The first-order chi connectivity index (χ1) is 15.1. The summed E-state index contributed by atoms with van der Waals surface area (Å²) in [6.45, 7) is 3.05. The van der Waals surface area contributed by atoms with Crippen molar-refractivity contribution in [2.45, 2.75) is 18.7 Å². The maximum Gasteiger partial charge on any atom is 0.271 e. The lowest BCUT2D eigenvalue weighted by Gasteiger charge is -2.24. The maximum absolute atomic E-state index is 13.4. The van der Waals surface area contributed by atoms with Gasteiger partial charge in [-0.3, -0.25) is 19.2 Å². The fourth-order valence-corrected chi connectivity index (χ4v) is 4.51. The van der Waals surface area contributed by atoms with E-state index in [-0.39, 0.29) is 22.0 Å². The minimum atomic E-state index is -4.10. The van der Waals surface area contributed by atoms with Crippen LogP contribution in [0.25, 0.3) is 0 Å². The number of nitro groups is 1. The summed E-state index contributed by atoms with van der Waals surface area (Å²) in [7, 11) is -4.10. The van der Waals surface area contributed by atoms with Crippen LogP contribution in [0, 0.1) is 24.0 Å². The molecule has 0 unspecified atom stereocenters. The summed E-state index contributed by atoms with van der Waals surface area (Å²) in [5, 5.41) is 13.8. The highest BCUT2D eigenvalue weighted by Gasteiger charge is 2.27. The molecule has 3 aromatic rings. The summed E-state index contributed by atoms with van der Waals surface area (Å²) < 4.78 is 27.7. The smallest absolute Gasteiger partial charge is 0.271 e. The first-order valence-electron chi connectivity index (χ1n) is 9.48. The van der Waals surface area contributed by atoms with E-state index < -0.39 is 27.4 Å². The lowest BCUT2D eigenvalue weighted by Crippen LogP contribution is -2.38. The molecule has 166 valence electrons. The van der Waals surface area contributed by atoms with Gasteiger partial charge in [-0.15, -0.1) is 0 Å². The van der Waals surface area contributed by atoms with E-state index >= 15 is 0 Å². The molecule has 0 aromatic heterocycles. The molecule has 0 radical (unpaired) electrons. The van der Waals surface area contributed by atoms with Crippen LogP contribution in [0.3, 0.4) is 0 Å². The predicted molar refractivity (Wildman–Crippen MR) is 124 cm³/mol. The average molecular weight is 474 g/mol. The van der Waals surface area contributed by atoms with Gasteiger partial charge < -0.3 is 5.32 Å². The summed E-state index contributed by atoms with van der Waals surface area (Å²) in [6.07, 6.45) is 0. The van der Waals surface area contributed by atoms with Crippen molar-refractivity contribution in [1.82, 2.24) is 0 Å². The molecule has 0 bridgehead atoms.